The Morgan fingerprint density at radius 2 is 1.81 bits per heavy atom. The highest BCUT2D eigenvalue weighted by atomic mass is 16.6. The van der Waals surface area contributed by atoms with E-state index in [-0.39, 0.29) is 5.75 Å². The lowest BCUT2D eigenvalue weighted by molar-refractivity contribution is -0.133. The molecule has 16 heavy (non-hydrogen) atoms. The van der Waals surface area contributed by atoms with Crippen LogP contribution in [0.5, 0.6) is 11.5 Å². The highest BCUT2D eigenvalue weighted by molar-refractivity contribution is 5.91. The average Bonchev–Trinajstić information content (AvgIpc) is 2.27. The average molecular weight is 222 g/mol. The molecule has 5 nitrogen and oxygen atoms in total. The molecule has 0 aromatic heterocycles. The summed E-state index contributed by atoms with van der Waals surface area (Å²) in [4.78, 5) is 21.3. The SMILES string of the molecule is COc1ccccc1OC(=O)/C=C/C(=O)O. The van der Waals surface area contributed by atoms with Gasteiger partial charge in [-0.05, 0) is 12.1 Å². The summed E-state index contributed by atoms with van der Waals surface area (Å²) in [6, 6.07) is 6.57. The van der Waals surface area contributed by atoms with E-state index >= 15 is 0 Å². The fourth-order valence-corrected chi connectivity index (χ4v) is 0.985. The lowest BCUT2D eigenvalue weighted by Crippen LogP contribution is -2.05. The van der Waals surface area contributed by atoms with E-state index in [0.29, 0.717) is 11.8 Å². The first-order valence-electron chi connectivity index (χ1n) is 4.39. The minimum Gasteiger partial charge on any atom is -0.493 e. The molecule has 0 bridgehead atoms. The van der Waals surface area contributed by atoms with Crippen molar-refractivity contribution in [1.29, 1.82) is 0 Å². The van der Waals surface area contributed by atoms with Gasteiger partial charge < -0.3 is 14.6 Å². The van der Waals surface area contributed by atoms with E-state index in [0.717, 1.165) is 6.08 Å². The Labute approximate surface area is 91.9 Å². The molecule has 0 unspecified atom stereocenters. The second-order valence-corrected chi connectivity index (χ2v) is 2.74. The van der Waals surface area contributed by atoms with Gasteiger partial charge in [-0.25, -0.2) is 9.59 Å². The van der Waals surface area contributed by atoms with E-state index in [9.17, 15) is 9.59 Å². The first kappa shape index (κ1) is 11.8. The number of aliphatic carboxylic acids is 1. The predicted octanol–water partition coefficient (Wildman–Crippen LogP) is 1.24. The van der Waals surface area contributed by atoms with Crippen LogP contribution in [0.15, 0.2) is 36.4 Å². The van der Waals surface area contributed by atoms with Crippen LogP contribution in [0.4, 0.5) is 0 Å². The molecule has 0 saturated carbocycles. The second kappa shape index (κ2) is 5.55. The molecule has 0 heterocycles. The van der Waals surface area contributed by atoms with Crippen LogP contribution in [0.3, 0.4) is 0 Å². The fraction of sp³-hybridized carbons (Fsp3) is 0.0909. The Morgan fingerprint density at radius 1 is 1.19 bits per heavy atom. The van der Waals surface area contributed by atoms with Gasteiger partial charge in [-0.15, -0.1) is 0 Å². The van der Waals surface area contributed by atoms with Crippen LogP contribution in [-0.4, -0.2) is 24.2 Å². The number of para-hydroxylation sites is 2. The van der Waals surface area contributed by atoms with Gasteiger partial charge in [0.05, 0.1) is 7.11 Å². The van der Waals surface area contributed by atoms with Crippen molar-refractivity contribution in [3.8, 4) is 11.5 Å². The van der Waals surface area contributed by atoms with E-state index < -0.39 is 11.9 Å². The summed E-state index contributed by atoms with van der Waals surface area (Å²) in [5.41, 5.74) is 0. The second-order valence-electron chi connectivity index (χ2n) is 2.74. The Hall–Kier alpha value is -2.30. The lowest BCUT2D eigenvalue weighted by Gasteiger charge is -2.06. The number of benzene rings is 1. The molecule has 0 amide bonds. The van der Waals surface area contributed by atoms with Crippen LogP contribution in [0.1, 0.15) is 0 Å². The van der Waals surface area contributed by atoms with Gasteiger partial charge in [0.15, 0.2) is 11.5 Å². The van der Waals surface area contributed by atoms with Crippen LogP contribution in [0, 0.1) is 0 Å². The quantitative estimate of drug-likeness (QED) is 0.471. The van der Waals surface area contributed by atoms with Crippen LogP contribution < -0.4 is 9.47 Å². The van der Waals surface area contributed by atoms with Crippen molar-refractivity contribution in [3.63, 3.8) is 0 Å². The van der Waals surface area contributed by atoms with Crippen molar-refractivity contribution in [1.82, 2.24) is 0 Å². The van der Waals surface area contributed by atoms with Gasteiger partial charge in [0.25, 0.3) is 0 Å². The number of carboxylic acid groups (broad SMARTS) is 1. The largest absolute Gasteiger partial charge is 0.493 e. The molecule has 1 aromatic rings. The molecule has 0 aliphatic rings. The van der Waals surface area contributed by atoms with Crippen LogP contribution in [-0.2, 0) is 9.59 Å². The molecular formula is C11H10O5. The summed E-state index contributed by atoms with van der Waals surface area (Å²) in [5, 5.41) is 8.31. The normalized spacial score (nSPS) is 10.1. The third-order valence-electron chi connectivity index (χ3n) is 1.64. The smallest absolute Gasteiger partial charge is 0.336 e. The molecule has 1 aromatic carbocycles. The van der Waals surface area contributed by atoms with E-state index in [1.807, 2.05) is 0 Å². The van der Waals surface area contributed by atoms with Crippen molar-refractivity contribution < 1.29 is 24.2 Å². The van der Waals surface area contributed by atoms with Gasteiger partial charge in [0, 0.05) is 12.2 Å². The zero-order valence-corrected chi connectivity index (χ0v) is 8.54. The van der Waals surface area contributed by atoms with Crippen LogP contribution in [0.25, 0.3) is 0 Å². The van der Waals surface area contributed by atoms with E-state index in [2.05, 4.69) is 0 Å². The zero-order valence-electron chi connectivity index (χ0n) is 8.54. The maximum absolute atomic E-state index is 11.2. The maximum Gasteiger partial charge on any atom is 0.336 e. The Bertz CT molecular complexity index is 422. The zero-order chi connectivity index (χ0) is 12.0. The minimum absolute atomic E-state index is 0.241. The maximum atomic E-state index is 11.2. The Morgan fingerprint density at radius 3 is 2.38 bits per heavy atom. The van der Waals surface area contributed by atoms with Gasteiger partial charge in [0.2, 0.25) is 0 Å². The van der Waals surface area contributed by atoms with Crippen molar-refractivity contribution in [2.45, 2.75) is 0 Å². The summed E-state index contributed by atoms with van der Waals surface area (Å²) < 4.78 is 9.83. The first-order chi connectivity index (χ1) is 7.63. The summed E-state index contributed by atoms with van der Waals surface area (Å²) in [7, 11) is 1.44. The molecule has 0 radical (unpaired) electrons. The summed E-state index contributed by atoms with van der Waals surface area (Å²) >= 11 is 0. The third-order valence-corrected chi connectivity index (χ3v) is 1.64. The van der Waals surface area contributed by atoms with Crippen molar-refractivity contribution >= 4 is 11.9 Å². The van der Waals surface area contributed by atoms with Crippen LogP contribution in [0.2, 0.25) is 0 Å². The fourth-order valence-electron chi connectivity index (χ4n) is 0.985. The summed E-state index contributed by atoms with van der Waals surface area (Å²) in [6.45, 7) is 0. The summed E-state index contributed by atoms with van der Waals surface area (Å²) in [5.74, 6) is -1.34. The number of rotatable bonds is 4. The molecule has 0 atom stereocenters. The van der Waals surface area contributed by atoms with Gasteiger partial charge in [-0.3, -0.25) is 0 Å². The van der Waals surface area contributed by atoms with E-state index in [1.54, 1.807) is 24.3 Å². The number of carbonyl (C=O) groups is 2. The predicted molar refractivity (Wildman–Crippen MR) is 55.4 cm³/mol. The molecule has 0 saturated heterocycles. The standard InChI is InChI=1S/C11H10O5/c1-15-8-4-2-3-5-9(8)16-11(14)7-6-10(12)13/h2-7H,1H3,(H,12,13)/b7-6+. The number of esters is 1. The monoisotopic (exact) mass is 222 g/mol. The molecule has 1 N–H and O–H groups in total. The van der Waals surface area contributed by atoms with Gasteiger partial charge in [-0.1, -0.05) is 12.1 Å². The topological polar surface area (TPSA) is 72.8 Å². The van der Waals surface area contributed by atoms with Crippen molar-refractivity contribution in [3.05, 3.63) is 36.4 Å². The van der Waals surface area contributed by atoms with Gasteiger partial charge >= 0.3 is 11.9 Å². The number of ether oxygens (including phenoxy) is 2. The van der Waals surface area contributed by atoms with Crippen LogP contribution >= 0.6 is 0 Å². The third kappa shape index (κ3) is 3.45. The highest BCUT2D eigenvalue weighted by Gasteiger charge is 2.06. The molecule has 0 spiro atoms. The molecule has 1 rings (SSSR count). The van der Waals surface area contributed by atoms with E-state index in [1.165, 1.54) is 7.11 Å². The molecular weight excluding hydrogens is 212 g/mol. The highest BCUT2D eigenvalue weighted by Crippen LogP contribution is 2.25. The Kier molecular flexibility index (Phi) is 4.08. The van der Waals surface area contributed by atoms with Gasteiger partial charge in [-0.2, -0.15) is 0 Å². The Balaban J connectivity index is 2.73. The van der Waals surface area contributed by atoms with Crippen molar-refractivity contribution in [2.75, 3.05) is 7.11 Å². The number of carbonyl (C=O) groups excluding carboxylic acids is 1. The number of methoxy groups -OCH3 is 1. The molecule has 84 valence electrons. The minimum atomic E-state index is -1.21. The lowest BCUT2D eigenvalue weighted by atomic mass is 10.3. The van der Waals surface area contributed by atoms with Crippen molar-refractivity contribution in [2.24, 2.45) is 0 Å². The molecule has 0 aliphatic carbocycles. The van der Waals surface area contributed by atoms with Gasteiger partial charge in [0.1, 0.15) is 0 Å². The molecule has 5 heteroatoms. The number of hydrogen-bond donors (Lipinski definition) is 1. The number of hydrogen-bond acceptors (Lipinski definition) is 4. The number of carboxylic acids is 1. The summed E-state index contributed by atoms with van der Waals surface area (Å²) in [6.07, 6.45) is 1.53. The molecule has 0 aliphatic heterocycles. The van der Waals surface area contributed by atoms with E-state index in [4.69, 9.17) is 14.6 Å². The molecule has 0 fully saturated rings. The first-order valence-corrected chi connectivity index (χ1v) is 4.39.